The lowest BCUT2D eigenvalue weighted by atomic mass is 9.98. The van der Waals surface area contributed by atoms with Gasteiger partial charge in [0.05, 0.1) is 23.7 Å². The number of rotatable bonds is 4. The van der Waals surface area contributed by atoms with Gasteiger partial charge in [0.15, 0.2) is 17.8 Å². The lowest BCUT2D eigenvalue weighted by Crippen LogP contribution is -2.56. The molecule has 3 aromatic rings. The summed E-state index contributed by atoms with van der Waals surface area (Å²) in [7, 11) is 0. The number of imidazole rings is 1. The van der Waals surface area contributed by atoms with Crippen LogP contribution in [0, 0.1) is 10.1 Å². The van der Waals surface area contributed by atoms with Crippen molar-refractivity contribution in [2.45, 2.75) is 30.6 Å². The van der Waals surface area contributed by atoms with Crippen LogP contribution < -0.4 is 0 Å². The fraction of sp³-hybridized carbons (Fsp3) is 0.353. The minimum atomic E-state index is -1.62. The van der Waals surface area contributed by atoms with Gasteiger partial charge in [-0.1, -0.05) is 11.6 Å². The first kappa shape index (κ1) is 19.8. The minimum Gasteiger partial charge on any atom is -0.397 e. The van der Waals surface area contributed by atoms with Crippen molar-refractivity contribution in [2.75, 3.05) is 6.61 Å². The molecule has 4 N–H and O–H groups in total. The number of furan rings is 1. The van der Waals surface area contributed by atoms with Gasteiger partial charge in [-0.05, 0) is 24.3 Å². The molecule has 0 amide bonds. The smallest absolute Gasteiger partial charge is 0.397 e. The average Bonchev–Trinajstić information content (AvgIpc) is 3.31. The molecule has 11 nitrogen and oxygen atoms in total. The molecule has 4 rings (SSSR count). The van der Waals surface area contributed by atoms with E-state index in [0.717, 1.165) is 6.07 Å². The number of ether oxygens (including phenoxy) is 1. The Morgan fingerprint density at radius 3 is 2.59 bits per heavy atom. The number of nitrogens with zero attached hydrogens (tertiary/aromatic N) is 3. The van der Waals surface area contributed by atoms with Crippen LogP contribution in [0.2, 0.25) is 5.02 Å². The van der Waals surface area contributed by atoms with Gasteiger partial charge in [0.1, 0.15) is 29.3 Å². The van der Waals surface area contributed by atoms with E-state index in [0.29, 0.717) is 16.1 Å². The van der Waals surface area contributed by atoms with Crippen molar-refractivity contribution in [3.8, 4) is 11.6 Å². The first-order valence-corrected chi connectivity index (χ1v) is 8.92. The minimum absolute atomic E-state index is 0.0148. The molecule has 29 heavy (non-hydrogen) atoms. The molecule has 0 unspecified atom stereocenters. The third-order valence-electron chi connectivity index (χ3n) is 4.77. The predicted octanol–water partition coefficient (Wildman–Crippen LogP) is 0.830. The largest absolute Gasteiger partial charge is 0.433 e. The molecule has 1 fully saturated rings. The van der Waals surface area contributed by atoms with Crippen molar-refractivity contribution in [1.29, 1.82) is 0 Å². The van der Waals surface area contributed by atoms with Gasteiger partial charge in [0.2, 0.25) is 0 Å². The Morgan fingerprint density at radius 2 is 1.93 bits per heavy atom. The molecule has 2 aromatic heterocycles. The van der Waals surface area contributed by atoms with Crippen LogP contribution in [0.15, 0.2) is 34.7 Å². The standard InChI is InChI=1S/C17H16ClN3O8/c18-7-1-2-9-8(5-7)19-16(10-3-4-12(28-10)21(26)27)20(9)17-15(25)14(24)13(23)11(6-22)29-17/h1-5,11,13-15,17,22-25H,6H2/t11-,13+,14+,15-,17+/m0/s1. The Labute approximate surface area is 167 Å². The van der Waals surface area contributed by atoms with Gasteiger partial charge in [-0.25, -0.2) is 4.98 Å². The molecule has 0 aliphatic carbocycles. The van der Waals surface area contributed by atoms with Crippen molar-refractivity contribution in [2.24, 2.45) is 0 Å². The van der Waals surface area contributed by atoms with Crippen LogP contribution in [0.4, 0.5) is 5.88 Å². The highest BCUT2D eigenvalue weighted by molar-refractivity contribution is 6.31. The van der Waals surface area contributed by atoms with Gasteiger partial charge in [0.25, 0.3) is 0 Å². The Morgan fingerprint density at radius 1 is 1.17 bits per heavy atom. The number of aromatic nitrogens is 2. The van der Waals surface area contributed by atoms with Gasteiger partial charge < -0.3 is 29.6 Å². The number of halogens is 1. The van der Waals surface area contributed by atoms with Crippen molar-refractivity contribution >= 4 is 28.5 Å². The molecule has 1 aliphatic rings. The SMILES string of the molecule is O=[N+]([O-])c1ccc(-c2nc3cc(Cl)ccc3n2[C@@H]2O[C@@H](CO)[C@@H](O)[C@@H](O)[C@@H]2O)o1. The van der Waals surface area contributed by atoms with E-state index in [9.17, 15) is 30.5 Å². The zero-order chi connectivity index (χ0) is 20.9. The summed E-state index contributed by atoms with van der Waals surface area (Å²) >= 11 is 6.03. The van der Waals surface area contributed by atoms with Gasteiger partial charge in [-0.15, -0.1) is 0 Å². The molecule has 1 saturated heterocycles. The third kappa shape index (κ3) is 3.27. The highest BCUT2D eigenvalue weighted by Gasteiger charge is 2.45. The monoisotopic (exact) mass is 425 g/mol. The summed E-state index contributed by atoms with van der Waals surface area (Å²) in [6.45, 7) is -0.610. The molecule has 0 saturated carbocycles. The molecular weight excluding hydrogens is 410 g/mol. The summed E-state index contributed by atoms with van der Waals surface area (Å²) in [6, 6.07) is 7.19. The number of aliphatic hydroxyl groups is 4. The molecule has 1 aromatic carbocycles. The Hall–Kier alpha value is -2.54. The Balaban J connectivity index is 1.90. The first-order valence-electron chi connectivity index (χ1n) is 8.54. The lowest BCUT2D eigenvalue weighted by molar-refractivity contribution is -0.401. The van der Waals surface area contributed by atoms with Crippen LogP contribution in [0.3, 0.4) is 0 Å². The van der Waals surface area contributed by atoms with E-state index in [1.165, 1.54) is 16.7 Å². The van der Waals surface area contributed by atoms with Crippen molar-refractivity contribution < 1.29 is 34.5 Å². The second-order valence-electron chi connectivity index (χ2n) is 6.55. The van der Waals surface area contributed by atoms with Crippen LogP contribution >= 0.6 is 11.6 Å². The van der Waals surface area contributed by atoms with Crippen molar-refractivity contribution in [1.82, 2.24) is 9.55 Å². The average molecular weight is 426 g/mol. The van der Waals surface area contributed by atoms with E-state index < -0.39 is 48.1 Å². The lowest BCUT2D eigenvalue weighted by Gasteiger charge is -2.40. The van der Waals surface area contributed by atoms with E-state index in [1.807, 2.05) is 0 Å². The maximum atomic E-state index is 11.0. The Kier molecular flexibility index (Phi) is 5.02. The van der Waals surface area contributed by atoms with E-state index in [-0.39, 0.29) is 11.6 Å². The molecular formula is C17H16ClN3O8. The molecule has 0 radical (unpaired) electrons. The quantitative estimate of drug-likeness (QED) is 0.350. The zero-order valence-corrected chi connectivity index (χ0v) is 15.4. The van der Waals surface area contributed by atoms with E-state index in [1.54, 1.807) is 12.1 Å². The van der Waals surface area contributed by atoms with Crippen molar-refractivity contribution in [3.63, 3.8) is 0 Å². The van der Waals surface area contributed by atoms with Gasteiger partial charge in [-0.2, -0.15) is 0 Å². The number of hydrogen-bond donors (Lipinski definition) is 4. The predicted molar refractivity (Wildman–Crippen MR) is 98.1 cm³/mol. The first-order chi connectivity index (χ1) is 13.8. The van der Waals surface area contributed by atoms with E-state index >= 15 is 0 Å². The summed E-state index contributed by atoms with van der Waals surface area (Å²) in [4.78, 5) is 14.7. The number of fused-ring (bicyclic) bond motifs is 1. The normalized spacial score (nSPS) is 27.4. The summed E-state index contributed by atoms with van der Waals surface area (Å²) in [5.74, 6) is -0.425. The summed E-state index contributed by atoms with van der Waals surface area (Å²) in [6.07, 6.45) is -7.18. The van der Waals surface area contributed by atoms with E-state index in [4.69, 9.17) is 20.8 Å². The molecule has 1 aliphatic heterocycles. The van der Waals surface area contributed by atoms with Crippen LogP contribution in [0.5, 0.6) is 0 Å². The molecule has 5 atom stereocenters. The van der Waals surface area contributed by atoms with Crippen LogP contribution in [-0.4, -0.2) is 65.9 Å². The second kappa shape index (κ2) is 7.37. The van der Waals surface area contributed by atoms with Gasteiger partial charge >= 0.3 is 5.88 Å². The number of hydrogen-bond acceptors (Lipinski definition) is 9. The second-order valence-corrected chi connectivity index (χ2v) is 6.99. The van der Waals surface area contributed by atoms with E-state index in [2.05, 4.69) is 4.98 Å². The zero-order valence-electron chi connectivity index (χ0n) is 14.6. The number of nitro groups is 1. The summed E-state index contributed by atoms with van der Waals surface area (Å²) in [5, 5.41) is 51.6. The summed E-state index contributed by atoms with van der Waals surface area (Å²) < 4.78 is 12.3. The molecule has 0 spiro atoms. The fourth-order valence-electron chi connectivity index (χ4n) is 3.34. The maximum Gasteiger partial charge on any atom is 0.433 e. The third-order valence-corrected chi connectivity index (χ3v) is 5.00. The summed E-state index contributed by atoms with van der Waals surface area (Å²) in [5.41, 5.74) is 0.802. The maximum absolute atomic E-state index is 11.0. The van der Waals surface area contributed by atoms with Gasteiger partial charge in [-0.3, -0.25) is 14.7 Å². The topological polar surface area (TPSA) is 164 Å². The number of benzene rings is 1. The van der Waals surface area contributed by atoms with Crippen LogP contribution in [-0.2, 0) is 4.74 Å². The van der Waals surface area contributed by atoms with Crippen molar-refractivity contribution in [3.05, 3.63) is 45.5 Å². The highest BCUT2D eigenvalue weighted by Crippen LogP contribution is 2.37. The Bertz CT molecular complexity index is 1060. The fourth-order valence-corrected chi connectivity index (χ4v) is 3.51. The molecule has 12 heteroatoms. The highest BCUT2D eigenvalue weighted by atomic mass is 35.5. The van der Waals surface area contributed by atoms with Crippen LogP contribution in [0.25, 0.3) is 22.6 Å². The molecule has 3 heterocycles. The molecule has 154 valence electrons. The van der Waals surface area contributed by atoms with Gasteiger partial charge in [0, 0.05) is 5.02 Å². The molecule has 0 bridgehead atoms. The number of aliphatic hydroxyl groups excluding tert-OH is 4. The van der Waals surface area contributed by atoms with Crippen LogP contribution in [0.1, 0.15) is 6.23 Å².